The number of anilines is 1. The Bertz CT molecular complexity index is 1060. The maximum absolute atomic E-state index is 11.9. The van der Waals surface area contributed by atoms with Crippen molar-refractivity contribution in [3.05, 3.63) is 81.4 Å². The molecule has 130 valence electrons. The Kier molecular flexibility index (Phi) is 5.35. The molecule has 0 bridgehead atoms. The Morgan fingerprint density at radius 3 is 2.35 bits per heavy atom. The van der Waals surface area contributed by atoms with Crippen LogP contribution in [0.2, 0.25) is 0 Å². The molecule has 1 aromatic heterocycles. The Labute approximate surface area is 153 Å². The summed E-state index contributed by atoms with van der Waals surface area (Å²) in [6, 6.07) is 18.6. The highest BCUT2D eigenvalue weighted by Gasteiger charge is 2.06. The second-order valence-corrected chi connectivity index (χ2v) is 5.60. The van der Waals surface area contributed by atoms with Gasteiger partial charge >= 0.3 is 0 Å². The second-order valence-electron chi connectivity index (χ2n) is 5.19. The Hall–Kier alpha value is -3.52. The first-order valence-electron chi connectivity index (χ1n) is 7.67. The van der Waals surface area contributed by atoms with Crippen LogP contribution in [0.15, 0.2) is 75.4 Å². The van der Waals surface area contributed by atoms with E-state index in [1.807, 2.05) is 60.7 Å². The molecule has 0 spiro atoms. The van der Waals surface area contributed by atoms with Crippen molar-refractivity contribution in [2.24, 2.45) is 9.98 Å². The number of hydrogen-bond donors (Lipinski definition) is 4. The molecule has 3 rings (SSSR count). The van der Waals surface area contributed by atoms with Crippen LogP contribution in [0.5, 0.6) is 5.88 Å². The molecule has 0 aliphatic heterocycles. The van der Waals surface area contributed by atoms with Gasteiger partial charge in [0.1, 0.15) is 5.56 Å². The maximum Gasteiger partial charge on any atom is 0.264 e. The number of nitrogens with zero attached hydrogens (tertiary/aromatic N) is 2. The fourth-order valence-corrected chi connectivity index (χ4v) is 2.28. The van der Waals surface area contributed by atoms with Crippen molar-refractivity contribution < 1.29 is 5.11 Å². The van der Waals surface area contributed by atoms with Crippen molar-refractivity contribution in [1.82, 2.24) is 9.97 Å². The lowest BCUT2D eigenvalue weighted by atomic mass is 10.3. The molecule has 1 heterocycles. The van der Waals surface area contributed by atoms with Crippen LogP contribution in [0, 0.1) is 4.77 Å². The zero-order chi connectivity index (χ0) is 18.4. The third kappa shape index (κ3) is 4.52. The average molecular weight is 365 g/mol. The molecule has 0 atom stereocenters. The van der Waals surface area contributed by atoms with Gasteiger partial charge in [0.2, 0.25) is 11.8 Å². The minimum Gasteiger partial charge on any atom is -0.494 e. The first-order valence-corrected chi connectivity index (χ1v) is 8.08. The molecule has 3 aromatic rings. The van der Waals surface area contributed by atoms with Gasteiger partial charge in [-0.1, -0.05) is 36.4 Å². The van der Waals surface area contributed by atoms with Gasteiger partial charge in [-0.15, -0.1) is 0 Å². The molecular formula is C18H15N5O2S. The number of aromatic hydroxyl groups is 1. The zero-order valence-electron chi connectivity index (χ0n) is 13.5. The van der Waals surface area contributed by atoms with E-state index in [1.54, 1.807) is 0 Å². The van der Waals surface area contributed by atoms with Crippen LogP contribution in [-0.2, 0) is 0 Å². The van der Waals surface area contributed by atoms with Gasteiger partial charge in [0.25, 0.3) is 5.56 Å². The third-order valence-electron chi connectivity index (χ3n) is 3.30. The molecule has 0 aliphatic carbocycles. The SMILES string of the molecule is O=c1[nH]c(=S)[nH]c(O)c1C=NC(=Nc1ccccc1)Nc1ccccc1. The molecule has 7 nitrogen and oxygen atoms in total. The van der Waals surface area contributed by atoms with E-state index in [4.69, 9.17) is 12.2 Å². The molecule has 4 N–H and O–H groups in total. The topological polar surface area (TPSA) is 106 Å². The highest BCUT2D eigenvalue weighted by Crippen LogP contribution is 2.13. The average Bonchev–Trinajstić information content (AvgIpc) is 2.62. The molecule has 0 saturated heterocycles. The summed E-state index contributed by atoms with van der Waals surface area (Å²) in [4.78, 5) is 25.4. The Balaban J connectivity index is 1.97. The minimum absolute atomic E-state index is 0.0326. The van der Waals surface area contributed by atoms with Crippen LogP contribution < -0.4 is 10.9 Å². The molecule has 0 aliphatic rings. The molecule has 0 unspecified atom stereocenters. The van der Waals surface area contributed by atoms with Crippen LogP contribution in [0.25, 0.3) is 0 Å². The summed E-state index contributed by atoms with van der Waals surface area (Å²) in [5.74, 6) is -0.107. The highest BCUT2D eigenvalue weighted by molar-refractivity contribution is 7.71. The minimum atomic E-state index is -0.547. The molecule has 2 aromatic carbocycles. The smallest absolute Gasteiger partial charge is 0.264 e. The Morgan fingerprint density at radius 2 is 1.69 bits per heavy atom. The number of hydrogen-bond acceptors (Lipinski definition) is 4. The predicted octanol–water partition coefficient (Wildman–Crippen LogP) is 3.36. The highest BCUT2D eigenvalue weighted by atomic mass is 32.1. The number of para-hydroxylation sites is 2. The van der Waals surface area contributed by atoms with Crippen molar-refractivity contribution in [2.45, 2.75) is 0 Å². The summed E-state index contributed by atoms with van der Waals surface area (Å²) in [5.41, 5.74) is 0.876. The van der Waals surface area contributed by atoms with Gasteiger partial charge in [0, 0.05) is 11.9 Å². The number of rotatable bonds is 3. The van der Waals surface area contributed by atoms with Crippen LogP contribution in [0.3, 0.4) is 0 Å². The molecule has 8 heteroatoms. The summed E-state index contributed by atoms with van der Waals surface area (Å²) in [6.45, 7) is 0. The van der Waals surface area contributed by atoms with Crippen molar-refractivity contribution in [1.29, 1.82) is 0 Å². The lowest BCUT2D eigenvalue weighted by Gasteiger charge is -2.06. The number of aromatic nitrogens is 2. The molecule has 0 radical (unpaired) electrons. The van der Waals surface area contributed by atoms with E-state index < -0.39 is 5.56 Å². The van der Waals surface area contributed by atoms with Crippen molar-refractivity contribution in [3.8, 4) is 5.88 Å². The zero-order valence-corrected chi connectivity index (χ0v) is 14.3. The standard InChI is InChI=1S/C18H15N5O2S/c24-15-14(16(25)23-18(26)22-15)11-19-17(20-12-7-3-1-4-8-12)21-13-9-5-2-6-10-13/h1-11H,(H,20,21)(H3,22,23,24,25,26). The van der Waals surface area contributed by atoms with Crippen molar-refractivity contribution in [3.63, 3.8) is 0 Å². The van der Waals surface area contributed by atoms with Gasteiger partial charge < -0.3 is 15.4 Å². The summed E-state index contributed by atoms with van der Waals surface area (Å²) in [7, 11) is 0. The van der Waals surface area contributed by atoms with E-state index in [1.165, 1.54) is 6.21 Å². The molecule has 0 saturated carbocycles. The molecule has 0 amide bonds. The van der Waals surface area contributed by atoms with Gasteiger partial charge in [0.15, 0.2) is 4.77 Å². The maximum atomic E-state index is 11.9. The Morgan fingerprint density at radius 1 is 1.04 bits per heavy atom. The normalized spacial score (nSPS) is 11.6. The summed E-state index contributed by atoms with van der Waals surface area (Å²) in [6.07, 6.45) is 1.22. The molecule has 0 fully saturated rings. The predicted molar refractivity (Wildman–Crippen MR) is 105 cm³/mol. The van der Waals surface area contributed by atoms with Crippen LogP contribution in [0.4, 0.5) is 11.4 Å². The van der Waals surface area contributed by atoms with Gasteiger partial charge in [-0.2, -0.15) is 0 Å². The van der Waals surface area contributed by atoms with E-state index in [0.717, 1.165) is 5.69 Å². The van der Waals surface area contributed by atoms with E-state index in [2.05, 4.69) is 25.3 Å². The molecular weight excluding hydrogens is 350 g/mol. The van der Waals surface area contributed by atoms with Gasteiger partial charge in [-0.25, -0.2) is 9.98 Å². The number of aliphatic imine (C=N–C) groups is 2. The fraction of sp³-hybridized carbons (Fsp3) is 0. The van der Waals surface area contributed by atoms with E-state index in [-0.39, 0.29) is 22.2 Å². The number of H-pyrrole nitrogens is 2. The summed E-state index contributed by atoms with van der Waals surface area (Å²) < 4.78 is 0.0326. The number of nitrogens with one attached hydrogen (secondary N) is 3. The number of benzene rings is 2. The van der Waals surface area contributed by atoms with E-state index >= 15 is 0 Å². The largest absolute Gasteiger partial charge is 0.494 e. The van der Waals surface area contributed by atoms with Crippen molar-refractivity contribution >= 4 is 35.8 Å². The quantitative estimate of drug-likeness (QED) is 0.324. The number of guanidine groups is 1. The molecule has 26 heavy (non-hydrogen) atoms. The van der Waals surface area contributed by atoms with Gasteiger partial charge in [0.05, 0.1) is 5.69 Å². The van der Waals surface area contributed by atoms with Crippen LogP contribution in [0.1, 0.15) is 5.56 Å². The number of aromatic amines is 2. The van der Waals surface area contributed by atoms with E-state index in [9.17, 15) is 9.90 Å². The van der Waals surface area contributed by atoms with E-state index in [0.29, 0.717) is 5.69 Å². The second kappa shape index (κ2) is 8.04. The lowest BCUT2D eigenvalue weighted by molar-refractivity contribution is 0.449. The first kappa shape index (κ1) is 17.3. The fourth-order valence-electron chi connectivity index (χ4n) is 2.09. The van der Waals surface area contributed by atoms with Crippen LogP contribution in [-0.4, -0.2) is 27.2 Å². The monoisotopic (exact) mass is 365 g/mol. The van der Waals surface area contributed by atoms with Crippen LogP contribution >= 0.6 is 12.2 Å². The van der Waals surface area contributed by atoms with Gasteiger partial charge in [-0.05, 0) is 36.5 Å². The summed E-state index contributed by atoms with van der Waals surface area (Å²) >= 11 is 4.80. The van der Waals surface area contributed by atoms with Crippen molar-refractivity contribution in [2.75, 3.05) is 5.32 Å². The first-order chi connectivity index (χ1) is 12.6. The lowest BCUT2D eigenvalue weighted by Crippen LogP contribution is -2.15. The summed E-state index contributed by atoms with van der Waals surface area (Å²) in [5, 5.41) is 12.9. The van der Waals surface area contributed by atoms with Gasteiger partial charge in [-0.3, -0.25) is 9.78 Å². The third-order valence-corrected chi connectivity index (χ3v) is 3.50.